The number of aryl methyl sites for hydroxylation is 1. The summed E-state index contributed by atoms with van der Waals surface area (Å²) in [4.78, 5) is 16.9. The van der Waals surface area contributed by atoms with E-state index in [2.05, 4.69) is 14.9 Å². The van der Waals surface area contributed by atoms with Crippen LogP contribution in [0.15, 0.2) is 24.5 Å². The Morgan fingerprint density at radius 1 is 1.38 bits per heavy atom. The van der Waals surface area contributed by atoms with E-state index in [0.29, 0.717) is 36.0 Å². The van der Waals surface area contributed by atoms with Gasteiger partial charge in [0.1, 0.15) is 19.0 Å². The molecule has 0 saturated carbocycles. The van der Waals surface area contributed by atoms with Crippen molar-refractivity contribution in [1.29, 1.82) is 0 Å². The van der Waals surface area contributed by atoms with Crippen LogP contribution >= 0.6 is 0 Å². The molecule has 7 nitrogen and oxygen atoms in total. The molecule has 0 aliphatic carbocycles. The van der Waals surface area contributed by atoms with Gasteiger partial charge in [-0.25, -0.2) is 4.98 Å². The third-order valence-electron chi connectivity index (χ3n) is 4.36. The maximum atomic E-state index is 12.6. The Hall–Kier alpha value is -2.70. The third kappa shape index (κ3) is 2.66. The number of methoxy groups -OCH3 is 1. The van der Waals surface area contributed by atoms with Gasteiger partial charge in [-0.05, 0) is 18.6 Å². The molecule has 0 spiro atoms. The summed E-state index contributed by atoms with van der Waals surface area (Å²) in [6, 6.07) is 3.48. The number of carbonyl (C=O) groups is 1. The van der Waals surface area contributed by atoms with Crippen molar-refractivity contribution < 1.29 is 19.0 Å². The molecule has 24 heavy (non-hydrogen) atoms. The van der Waals surface area contributed by atoms with Gasteiger partial charge < -0.3 is 24.1 Å². The van der Waals surface area contributed by atoms with Crippen molar-refractivity contribution >= 4 is 5.91 Å². The van der Waals surface area contributed by atoms with Crippen molar-refractivity contribution in [1.82, 2.24) is 14.9 Å². The van der Waals surface area contributed by atoms with Crippen LogP contribution in [0.3, 0.4) is 0 Å². The monoisotopic (exact) mass is 329 g/mol. The lowest BCUT2D eigenvalue weighted by atomic mass is 10.1. The molecule has 1 atom stereocenters. The number of aromatic nitrogens is 2. The van der Waals surface area contributed by atoms with E-state index in [1.165, 1.54) is 0 Å². The van der Waals surface area contributed by atoms with Crippen LogP contribution in [0.4, 0.5) is 0 Å². The van der Waals surface area contributed by atoms with Crippen LogP contribution in [0, 0.1) is 0 Å². The Morgan fingerprint density at radius 3 is 3.12 bits per heavy atom. The zero-order valence-electron chi connectivity index (χ0n) is 13.4. The number of nitrogens with one attached hydrogen (secondary N) is 1. The topological polar surface area (TPSA) is 74.6 Å². The number of amides is 1. The summed E-state index contributed by atoms with van der Waals surface area (Å²) in [5, 5.41) is 3.08. The van der Waals surface area contributed by atoms with Crippen LogP contribution in [-0.2, 0) is 13.0 Å². The zero-order chi connectivity index (χ0) is 16.5. The van der Waals surface area contributed by atoms with Crippen molar-refractivity contribution in [2.24, 2.45) is 0 Å². The summed E-state index contributed by atoms with van der Waals surface area (Å²) < 4.78 is 18.6. The van der Waals surface area contributed by atoms with Crippen LogP contribution < -0.4 is 19.5 Å². The van der Waals surface area contributed by atoms with E-state index >= 15 is 0 Å². The van der Waals surface area contributed by atoms with Crippen molar-refractivity contribution in [3.05, 3.63) is 35.9 Å². The number of imidazole rings is 1. The van der Waals surface area contributed by atoms with Gasteiger partial charge in [0.25, 0.3) is 5.91 Å². The number of rotatable bonds is 3. The van der Waals surface area contributed by atoms with Gasteiger partial charge in [-0.2, -0.15) is 0 Å². The maximum absolute atomic E-state index is 12.6. The van der Waals surface area contributed by atoms with E-state index in [1.54, 1.807) is 25.4 Å². The summed E-state index contributed by atoms with van der Waals surface area (Å²) >= 11 is 0. The Labute approximate surface area is 139 Å². The Morgan fingerprint density at radius 2 is 2.25 bits per heavy atom. The number of benzene rings is 1. The fraction of sp³-hybridized carbons (Fsp3) is 0.412. The number of carbonyl (C=O) groups excluding carboxylic acids is 1. The van der Waals surface area contributed by atoms with E-state index < -0.39 is 0 Å². The number of fused-ring (bicyclic) bond motifs is 2. The predicted molar refractivity (Wildman–Crippen MR) is 85.8 cm³/mol. The summed E-state index contributed by atoms with van der Waals surface area (Å²) in [5.41, 5.74) is 0.507. The first kappa shape index (κ1) is 14.9. The first-order valence-electron chi connectivity index (χ1n) is 8.03. The molecular formula is C17H19N3O4. The number of ether oxygens (including phenoxy) is 3. The third-order valence-corrected chi connectivity index (χ3v) is 4.36. The second-order valence-electron chi connectivity index (χ2n) is 5.91. The minimum Gasteiger partial charge on any atom is -0.493 e. The lowest BCUT2D eigenvalue weighted by Gasteiger charge is -2.25. The molecule has 0 radical (unpaired) electrons. The van der Waals surface area contributed by atoms with Gasteiger partial charge in [-0.15, -0.1) is 0 Å². The molecule has 0 unspecified atom stereocenters. The molecule has 126 valence electrons. The quantitative estimate of drug-likeness (QED) is 0.921. The van der Waals surface area contributed by atoms with Gasteiger partial charge in [-0.1, -0.05) is 0 Å². The highest BCUT2D eigenvalue weighted by atomic mass is 16.6. The van der Waals surface area contributed by atoms with Crippen molar-refractivity contribution in [3.8, 4) is 17.2 Å². The molecule has 0 fully saturated rings. The minimum atomic E-state index is -0.140. The molecule has 1 amide bonds. The molecular weight excluding hydrogens is 310 g/mol. The SMILES string of the molecule is COc1cc(C(=O)N[C@@H]2CCc3nccn3C2)cc2c1OCCO2. The van der Waals surface area contributed by atoms with Gasteiger partial charge >= 0.3 is 0 Å². The zero-order valence-corrected chi connectivity index (χ0v) is 13.4. The second kappa shape index (κ2) is 6.07. The highest BCUT2D eigenvalue weighted by molar-refractivity contribution is 5.95. The number of hydrogen-bond acceptors (Lipinski definition) is 5. The van der Waals surface area contributed by atoms with Crippen LogP contribution in [0.2, 0.25) is 0 Å². The first-order valence-corrected chi connectivity index (χ1v) is 8.03. The molecule has 2 aromatic rings. The molecule has 2 aliphatic heterocycles. The second-order valence-corrected chi connectivity index (χ2v) is 5.91. The van der Waals surface area contributed by atoms with Crippen LogP contribution in [0.1, 0.15) is 22.6 Å². The molecule has 3 heterocycles. The summed E-state index contributed by atoms with van der Waals surface area (Å²) in [6.45, 7) is 1.68. The normalized spacial score (nSPS) is 18.6. The fourth-order valence-electron chi connectivity index (χ4n) is 3.16. The fourth-order valence-corrected chi connectivity index (χ4v) is 3.16. The molecule has 0 saturated heterocycles. The molecule has 4 rings (SSSR count). The highest BCUT2D eigenvalue weighted by Crippen LogP contribution is 2.40. The Balaban J connectivity index is 1.52. The van der Waals surface area contributed by atoms with Gasteiger partial charge in [0.05, 0.1) is 7.11 Å². The van der Waals surface area contributed by atoms with Crippen molar-refractivity contribution in [3.63, 3.8) is 0 Å². The average Bonchev–Trinajstić information content (AvgIpc) is 3.08. The smallest absolute Gasteiger partial charge is 0.251 e. The van der Waals surface area contributed by atoms with E-state index in [4.69, 9.17) is 14.2 Å². The van der Waals surface area contributed by atoms with E-state index in [0.717, 1.165) is 25.2 Å². The van der Waals surface area contributed by atoms with Gasteiger partial charge in [0.15, 0.2) is 11.5 Å². The molecule has 1 aromatic heterocycles. The van der Waals surface area contributed by atoms with E-state index in [9.17, 15) is 4.79 Å². The minimum absolute atomic E-state index is 0.0818. The van der Waals surface area contributed by atoms with Crippen LogP contribution in [0.5, 0.6) is 17.2 Å². The number of nitrogens with zero attached hydrogens (tertiary/aromatic N) is 2. The molecule has 1 aromatic carbocycles. The Kier molecular flexibility index (Phi) is 3.76. The summed E-state index contributed by atoms with van der Waals surface area (Å²) in [6.07, 6.45) is 5.48. The summed E-state index contributed by atoms with van der Waals surface area (Å²) in [5.74, 6) is 2.55. The largest absolute Gasteiger partial charge is 0.493 e. The van der Waals surface area contributed by atoms with Gasteiger partial charge in [0.2, 0.25) is 5.75 Å². The molecule has 7 heteroatoms. The Bertz CT molecular complexity index is 754. The number of hydrogen-bond donors (Lipinski definition) is 1. The maximum Gasteiger partial charge on any atom is 0.251 e. The standard InChI is InChI=1S/C17H19N3O4/c1-22-13-8-11(9-14-16(13)24-7-6-23-14)17(21)19-12-2-3-15-18-4-5-20(15)10-12/h4-5,8-9,12H,2-3,6-7,10H2,1H3,(H,19,21)/t12-/m1/s1. The highest BCUT2D eigenvalue weighted by Gasteiger charge is 2.24. The van der Waals surface area contributed by atoms with E-state index in [1.807, 2.05) is 6.20 Å². The van der Waals surface area contributed by atoms with Crippen molar-refractivity contribution in [2.75, 3.05) is 20.3 Å². The average molecular weight is 329 g/mol. The molecule has 1 N–H and O–H groups in total. The predicted octanol–water partition coefficient (Wildman–Crippen LogP) is 1.41. The summed E-state index contributed by atoms with van der Waals surface area (Å²) in [7, 11) is 1.55. The van der Waals surface area contributed by atoms with Gasteiger partial charge in [0, 0.05) is 37.0 Å². The van der Waals surface area contributed by atoms with E-state index in [-0.39, 0.29) is 11.9 Å². The lowest BCUT2D eigenvalue weighted by molar-refractivity contribution is 0.0925. The molecule has 2 aliphatic rings. The van der Waals surface area contributed by atoms with Gasteiger partial charge in [-0.3, -0.25) is 4.79 Å². The van der Waals surface area contributed by atoms with Crippen LogP contribution in [-0.4, -0.2) is 41.8 Å². The molecule has 0 bridgehead atoms. The van der Waals surface area contributed by atoms with Crippen molar-refractivity contribution in [2.45, 2.75) is 25.4 Å². The lowest BCUT2D eigenvalue weighted by Crippen LogP contribution is -2.40. The van der Waals surface area contributed by atoms with Crippen LogP contribution in [0.25, 0.3) is 0 Å². The first-order chi connectivity index (χ1) is 11.7.